The van der Waals surface area contributed by atoms with Crippen LogP contribution in [0.4, 0.5) is 0 Å². The minimum atomic E-state index is 0.539. The van der Waals surface area contributed by atoms with E-state index in [-0.39, 0.29) is 0 Å². The molecule has 0 atom stereocenters. The maximum absolute atomic E-state index is 5.89. The van der Waals surface area contributed by atoms with Crippen molar-refractivity contribution < 1.29 is 4.74 Å². The third-order valence-corrected chi connectivity index (χ3v) is 4.48. The molecule has 0 N–H and O–H groups in total. The van der Waals surface area contributed by atoms with E-state index in [0.717, 1.165) is 32.0 Å². The first-order chi connectivity index (χ1) is 10.3. The Bertz CT molecular complexity index is 774. The number of hydrogen-bond donors (Lipinski definition) is 0. The minimum absolute atomic E-state index is 0.539. The fourth-order valence-corrected chi connectivity index (χ4v) is 3.01. The molecule has 0 amide bonds. The molecular formula is C17H13Br2NO. The highest BCUT2D eigenvalue weighted by atomic mass is 79.9. The van der Waals surface area contributed by atoms with Crippen LogP contribution in [0.2, 0.25) is 0 Å². The van der Waals surface area contributed by atoms with Crippen molar-refractivity contribution in [2.75, 3.05) is 0 Å². The van der Waals surface area contributed by atoms with Gasteiger partial charge in [-0.3, -0.25) is 4.98 Å². The van der Waals surface area contributed by atoms with Gasteiger partial charge in [0.25, 0.3) is 0 Å². The molecule has 0 saturated heterocycles. The van der Waals surface area contributed by atoms with Crippen LogP contribution in [0.5, 0.6) is 5.75 Å². The van der Waals surface area contributed by atoms with Gasteiger partial charge in [0.15, 0.2) is 0 Å². The van der Waals surface area contributed by atoms with Gasteiger partial charge in [-0.1, -0.05) is 34.1 Å². The Hall–Kier alpha value is -1.39. The molecule has 0 radical (unpaired) electrons. The molecule has 0 aliphatic carbocycles. The highest BCUT2D eigenvalue weighted by Crippen LogP contribution is 2.27. The zero-order valence-electron chi connectivity index (χ0n) is 11.2. The van der Waals surface area contributed by atoms with Gasteiger partial charge in [0, 0.05) is 16.9 Å². The lowest BCUT2D eigenvalue weighted by molar-refractivity contribution is 0.304. The van der Waals surface area contributed by atoms with Gasteiger partial charge in [-0.2, -0.15) is 0 Å². The van der Waals surface area contributed by atoms with Crippen LogP contribution in [0.25, 0.3) is 10.9 Å². The Morgan fingerprint density at radius 2 is 1.86 bits per heavy atom. The number of aromatic nitrogens is 1. The van der Waals surface area contributed by atoms with Crippen molar-refractivity contribution in [2.24, 2.45) is 0 Å². The summed E-state index contributed by atoms with van der Waals surface area (Å²) in [6.07, 6.45) is 1.81. The zero-order chi connectivity index (χ0) is 14.7. The minimum Gasteiger partial charge on any atom is -0.488 e. The molecule has 1 heterocycles. The summed E-state index contributed by atoms with van der Waals surface area (Å²) < 4.78 is 6.86. The molecule has 1 aromatic heterocycles. The molecule has 2 nitrogen and oxygen atoms in total. The van der Waals surface area contributed by atoms with Crippen molar-refractivity contribution >= 4 is 42.8 Å². The lowest BCUT2D eigenvalue weighted by atomic mass is 10.1. The molecule has 0 fully saturated rings. The molecule has 0 unspecified atom stereocenters. The van der Waals surface area contributed by atoms with E-state index >= 15 is 0 Å². The Labute approximate surface area is 140 Å². The van der Waals surface area contributed by atoms with Crippen LogP contribution in [0.15, 0.2) is 59.2 Å². The molecule has 21 heavy (non-hydrogen) atoms. The average molecular weight is 407 g/mol. The number of halogens is 2. The summed E-state index contributed by atoms with van der Waals surface area (Å²) in [6, 6.07) is 16.3. The topological polar surface area (TPSA) is 22.1 Å². The standard InChI is InChI=1S/C17H13Br2NO/c18-10-12-4-6-17(15(19)9-12)21-11-13-3-5-16-14(8-13)2-1-7-20-16/h1-9H,10-11H2. The van der Waals surface area contributed by atoms with E-state index < -0.39 is 0 Å². The van der Waals surface area contributed by atoms with E-state index in [1.165, 1.54) is 5.56 Å². The van der Waals surface area contributed by atoms with E-state index in [9.17, 15) is 0 Å². The SMILES string of the molecule is BrCc1ccc(OCc2ccc3ncccc3c2)c(Br)c1. The van der Waals surface area contributed by atoms with Gasteiger partial charge < -0.3 is 4.74 Å². The molecule has 3 aromatic rings. The van der Waals surface area contributed by atoms with Gasteiger partial charge in [0.1, 0.15) is 12.4 Å². The van der Waals surface area contributed by atoms with E-state index in [1.54, 1.807) is 6.20 Å². The predicted octanol–water partition coefficient (Wildman–Crippen LogP) is 5.47. The van der Waals surface area contributed by atoms with E-state index in [2.05, 4.69) is 67.2 Å². The van der Waals surface area contributed by atoms with Crippen molar-refractivity contribution in [3.63, 3.8) is 0 Å². The zero-order valence-corrected chi connectivity index (χ0v) is 14.4. The number of benzene rings is 2. The fraction of sp³-hybridized carbons (Fsp3) is 0.118. The number of fused-ring (bicyclic) bond motifs is 1. The van der Waals surface area contributed by atoms with Crippen LogP contribution in [0.3, 0.4) is 0 Å². The first-order valence-corrected chi connectivity index (χ1v) is 8.48. The number of ether oxygens (including phenoxy) is 1. The molecule has 0 aliphatic rings. The lowest BCUT2D eigenvalue weighted by Crippen LogP contribution is -1.96. The monoisotopic (exact) mass is 405 g/mol. The molecular weight excluding hydrogens is 394 g/mol. The van der Waals surface area contributed by atoms with Crippen molar-refractivity contribution in [2.45, 2.75) is 11.9 Å². The van der Waals surface area contributed by atoms with Crippen LogP contribution >= 0.6 is 31.9 Å². The number of nitrogens with zero attached hydrogens (tertiary/aromatic N) is 1. The second-order valence-electron chi connectivity index (χ2n) is 4.72. The van der Waals surface area contributed by atoms with Crippen LogP contribution in [0.1, 0.15) is 11.1 Å². The summed E-state index contributed by atoms with van der Waals surface area (Å²) >= 11 is 6.99. The summed E-state index contributed by atoms with van der Waals surface area (Å²) in [5.41, 5.74) is 3.35. The number of hydrogen-bond acceptors (Lipinski definition) is 2. The van der Waals surface area contributed by atoms with E-state index in [4.69, 9.17) is 4.74 Å². The van der Waals surface area contributed by atoms with Crippen LogP contribution in [-0.4, -0.2) is 4.98 Å². The summed E-state index contributed by atoms with van der Waals surface area (Å²) in [7, 11) is 0. The summed E-state index contributed by atoms with van der Waals surface area (Å²) in [4.78, 5) is 4.32. The first-order valence-electron chi connectivity index (χ1n) is 6.57. The second-order valence-corrected chi connectivity index (χ2v) is 6.13. The van der Waals surface area contributed by atoms with Gasteiger partial charge >= 0.3 is 0 Å². The summed E-state index contributed by atoms with van der Waals surface area (Å²) in [6.45, 7) is 0.539. The Morgan fingerprint density at radius 3 is 2.67 bits per heavy atom. The Balaban J connectivity index is 1.77. The van der Waals surface area contributed by atoms with Crippen LogP contribution < -0.4 is 4.74 Å². The molecule has 2 aromatic carbocycles. The van der Waals surface area contributed by atoms with E-state index in [0.29, 0.717) is 6.61 Å². The predicted molar refractivity (Wildman–Crippen MR) is 92.8 cm³/mol. The first kappa shape index (κ1) is 14.5. The summed E-state index contributed by atoms with van der Waals surface area (Å²) in [5, 5.41) is 1.97. The molecule has 4 heteroatoms. The third-order valence-electron chi connectivity index (χ3n) is 3.21. The van der Waals surface area contributed by atoms with Gasteiger partial charge in [-0.15, -0.1) is 0 Å². The number of alkyl halides is 1. The maximum Gasteiger partial charge on any atom is 0.134 e. The Kier molecular flexibility index (Phi) is 4.56. The third kappa shape index (κ3) is 3.44. The van der Waals surface area contributed by atoms with Crippen LogP contribution in [-0.2, 0) is 11.9 Å². The summed E-state index contributed by atoms with van der Waals surface area (Å²) in [5.74, 6) is 0.853. The largest absolute Gasteiger partial charge is 0.488 e. The smallest absolute Gasteiger partial charge is 0.134 e. The lowest BCUT2D eigenvalue weighted by Gasteiger charge is -2.10. The molecule has 0 spiro atoms. The van der Waals surface area contributed by atoms with Crippen molar-refractivity contribution in [1.29, 1.82) is 0 Å². The average Bonchev–Trinajstić information content (AvgIpc) is 2.53. The van der Waals surface area contributed by atoms with Crippen molar-refractivity contribution in [3.05, 3.63) is 70.3 Å². The number of rotatable bonds is 4. The van der Waals surface area contributed by atoms with E-state index in [1.807, 2.05) is 18.2 Å². The van der Waals surface area contributed by atoms with Crippen molar-refractivity contribution in [3.8, 4) is 5.75 Å². The highest BCUT2D eigenvalue weighted by molar-refractivity contribution is 9.10. The molecule has 0 saturated carbocycles. The second kappa shape index (κ2) is 6.58. The van der Waals surface area contributed by atoms with Crippen molar-refractivity contribution in [1.82, 2.24) is 4.98 Å². The van der Waals surface area contributed by atoms with Gasteiger partial charge in [0.2, 0.25) is 0 Å². The molecule has 0 aliphatic heterocycles. The van der Waals surface area contributed by atoms with Gasteiger partial charge in [-0.05, 0) is 57.4 Å². The maximum atomic E-state index is 5.89. The molecule has 106 valence electrons. The molecule has 3 rings (SSSR count). The van der Waals surface area contributed by atoms with Gasteiger partial charge in [-0.25, -0.2) is 0 Å². The Morgan fingerprint density at radius 1 is 1.00 bits per heavy atom. The molecule has 0 bridgehead atoms. The fourth-order valence-electron chi connectivity index (χ4n) is 2.12. The quantitative estimate of drug-likeness (QED) is 0.536. The van der Waals surface area contributed by atoms with Crippen LogP contribution in [0, 0.1) is 0 Å². The van der Waals surface area contributed by atoms with Gasteiger partial charge in [0.05, 0.1) is 9.99 Å². The normalized spacial score (nSPS) is 10.8. The highest BCUT2D eigenvalue weighted by Gasteiger charge is 2.04. The number of pyridine rings is 1.